The van der Waals surface area contributed by atoms with Gasteiger partial charge in [0.1, 0.15) is 17.1 Å². The van der Waals surface area contributed by atoms with Crippen molar-refractivity contribution in [3.63, 3.8) is 0 Å². The number of aromatic carboxylic acids is 1. The van der Waals surface area contributed by atoms with E-state index in [9.17, 15) is 4.79 Å². The van der Waals surface area contributed by atoms with Crippen molar-refractivity contribution in [2.24, 2.45) is 0 Å². The van der Waals surface area contributed by atoms with Gasteiger partial charge in [0.2, 0.25) is 0 Å². The molecule has 1 aliphatic carbocycles. The number of methoxy groups -OCH3 is 1. The minimum Gasteiger partial charge on any atom is -0.496 e. The summed E-state index contributed by atoms with van der Waals surface area (Å²) in [5, 5.41) is 9.05. The van der Waals surface area contributed by atoms with Crippen LogP contribution in [0, 0.1) is 0 Å². The minimum absolute atomic E-state index is 0.104. The second-order valence-electron chi connectivity index (χ2n) is 3.46. The number of rotatable bonds is 4. The van der Waals surface area contributed by atoms with Gasteiger partial charge in [0.05, 0.1) is 13.2 Å². The average Bonchev–Trinajstić information content (AvgIpc) is 3.01. The van der Waals surface area contributed by atoms with Gasteiger partial charge in [-0.1, -0.05) is 6.07 Å². The Morgan fingerprint density at radius 1 is 1.40 bits per heavy atom. The van der Waals surface area contributed by atoms with Crippen LogP contribution in [0.15, 0.2) is 18.2 Å². The summed E-state index contributed by atoms with van der Waals surface area (Å²) >= 11 is 0. The molecule has 1 aromatic rings. The summed E-state index contributed by atoms with van der Waals surface area (Å²) in [4.78, 5) is 11.0. The lowest BCUT2D eigenvalue weighted by Crippen LogP contribution is -2.06. The number of carboxylic acid groups (broad SMARTS) is 1. The van der Waals surface area contributed by atoms with E-state index in [0.717, 1.165) is 12.8 Å². The van der Waals surface area contributed by atoms with Gasteiger partial charge in [-0.05, 0) is 25.0 Å². The van der Waals surface area contributed by atoms with E-state index in [2.05, 4.69) is 0 Å². The molecule has 0 spiro atoms. The van der Waals surface area contributed by atoms with E-state index in [0.29, 0.717) is 11.5 Å². The molecular formula is C11H12O4. The molecule has 0 atom stereocenters. The second-order valence-corrected chi connectivity index (χ2v) is 3.46. The average molecular weight is 208 g/mol. The van der Waals surface area contributed by atoms with Crippen LogP contribution in [0.3, 0.4) is 0 Å². The largest absolute Gasteiger partial charge is 0.496 e. The molecule has 0 aromatic heterocycles. The van der Waals surface area contributed by atoms with Crippen molar-refractivity contribution in [3.8, 4) is 11.5 Å². The molecule has 0 bridgehead atoms. The van der Waals surface area contributed by atoms with Gasteiger partial charge in [-0.15, -0.1) is 0 Å². The van der Waals surface area contributed by atoms with Crippen molar-refractivity contribution in [3.05, 3.63) is 23.8 Å². The highest BCUT2D eigenvalue weighted by Crippen LogP contribution is 2.33. The first-order chi connectivity index (χ1) is 7.22. The lowest BCUT2D eigenvalue weighted by atomic mass is 10.2. The SMILES string of the molecule is COc1cccc(OC2CC2)c1C(=O)O. The standard InChI is InChI=1S/C11H12O4/c1-14-8-3-2-4-9(10(8)11(12)13)15-7-5-6-7/h2-4,7H,5-6H2,1H3,(H,12,13). The fourth-order valence-corrected chi connectivity index (χ4v) is 1.36. The Kier molecular flexibility index (Phi) is 2.49. The lowest BCUT2D eigenvalue weighted by Gasteiger charge is -2.11. The van der Waals surface area contributed by atoms with Gasteiger partial charge >= 0.3 is 5.97 Å². The van der Waals surface area contributed by atoms with Gasteiger partial charge in [-0.2, -0.15) is 0 Å². The second kappa shape index (κ2) is 3.81. The zero-order valence-corrected chi connectivity index (χ0v) is 8.40. The van der Waals surface area contributed by atoms with E-state index in [1.807, 2.05) is 0 Å². The molecule has 0 saturated heterocycles. The van der Waals surface area contributed by atoms with Crippen molar-refractivity contribution >= 4 is 5.97 Å². The third-order valence-corrected chi connectivity index (χ3v) is 2.24. The summed E-state index contributed by atoms with van der Waals surface area (Å²) in [6.45, 7) is 0. The normalized spacial score (nSPS) is 14.7. The number of carbonyl (C=O) groups is 1. The topological polar surface area (TPSA) is 55.8 Å². The Morgan fingerprint density at radius 3 is 2.60 bits per heavy atom. The lowest BCUT2D eigenvalue weighted by molar-refractivity contribution is 0.0688. The molecule has 0 heterocycles. The zero-order chi connectivity index (χ0) is 10.8. The first-order valence-electron chi connectivity index (χ1n) is 4.79. The number of ether oxygens (including phenoxy) is 2. The molecule has 0 unspecified atom stereocenters. The Balaban J connectivity index is 2.37. The van der Waals surface area contributed by atoms with Crippen LogP contribution in [-0.2, 0) is 0 Å². The summed E-state index contributed by atoms with van der Waals surface area (Å²) in [5.74, 6) is -0.298. The Labute approximate surface area is 87.4 Å². The summed E-state index contributed by atoms with van der Waals surface area (Å²) in [6, 6.07) is 5.00. The number of hydrogen-bond acceptors (Lipinski definition) is 3. The molecule has 1 saturated carbocycles. The van der Waals surface area contributed by atoms with Crippen LogP contribution in [0.2, 0.25) is 0 Å². The van der Waals surface area contributed by atoms with Crippen LogP contribution in [0.5, 0.6) is 11.5 Å². The molecule has 1 fully saturated rings. The molecule has 15 heavy (non-hydrogen) atoms. The quantitative estimate of drug-likeness (QED) is 0.821. The maximum atomic E-state index is 11.0. The molecule has 0 amide bonds. The number of hydrogen-bond donors (Lipinski definition) is 1. The van der Waals surface area contributed by atoms with Crippen LogP contribution in [0.25, 0.3) is 0 Å². The Hall–Kier alpha value is -1.71. The molecule has 80 valence electrons. The maximum Gasteiger partial charge on any atom is 0.343 e. The van der Waals surface area contributed by atoms with Gasteiger partial charge in [0.15, 0.2) is 0 Å². The molecule has 0 radical (unpaired) electrons. The highest BCUT2D eigenvalue weighted by molar-refractivity contribution is 5.94. The summed E-state index contributed by atoms with van der Waals surface area (Å²) in [6.07, 6.45) is 2.17. The highest BCUT2D eigenvalue weighted by atomic mass is 16.5. The van der Waals surface area contributed by atoms with Crippen molar-refractivity contribution in [1.29, 1.82) is 0 Å². The number of carboxylic acids is 1. The fraction of sp³-hybridized carbons (Fsp3) is 0.364. The molecule has 1 N–H and O–H groups in total. The molecular weight excluding hydrogens is 196 g/mol. The van der Waals surface area contributed by atoms with Gasteiger partial charge in [0, 0.05) is 0 Å². The highest BCUT2D eigenvalue weighted by Gasteiger charge is 2.27. The van der Waals surface area contributed by atoms with Crippen LogP contribution in [0.1, 0.15) is 23.2 Å². The van der Waals surface area contributed by atoms with Gasteiger partial charge in [0.25, 0.3) is 0 Å². The van der Waals surface area contributed by atoms with Crippen molar-refractivity contribution < 1.29 is 19.4 Å². The fourth-order valence-electron chi connectivity index (χ4n) is 1.36. The van der Waals surface area contributed by atoms with Crippen LogP contribution >= 0.6 is 0 Å². The van der Waals surface area contributed by atoms with E-state index in [4.69, 9.17) is 14.6 Å². The first kappa shape index (κ1) is 9.83. The molecule has 2 rings (SSSR count). The molecule has 1 aliphatic rings. The van der Waals surface area contributed by atoms with E-state index in [1.54, 1.807) is 18.2 Å². The van der Waals surface area contributed by atoms with E-state index in [1.165, 1.54) is 7.11 Å². The third-order valence-electron chi connectivity index (χ3n) is 2.24. The minimum atomic E-state index is -1.02. The van der Waals surface area contributed by atoms with Crippen molar-refractivity contribution in [2.45, 2.75) is 18.9 Å². The molecule has 1 aromatic carbocycles. The van der Waals surface area contributed by atoms with E-state index in [-0.39, 0.29) is 11.7 Å². The predicted octanol–water partition coefficient (Wildman–Crippen LogP) is 1.93. The van der Waals surface area contributed by atoms with E-state index < -0.39 is 5.97 Å². The smallest absolute Gasteiger partial charge is 0.343 e. The number of benzene rings is 1. The monoisotopic (exact) mass is 208 g/mol. The molecule has 0 aliphatic heterocycles. The molecule has 4 heteroatoms. The van der Waals surface area contributed by atoms with Crippen LogP contribution in [-0.4, -0.2) is 24.3 Å². The summed E-state index contributed by atoms with van der Waals surface area (Å²) in [5.41, 5.74) is 0.104. The summed E-state index contributed by atoms with van der Waals surface area (Å²) in [7, 11) is 1.45. The predicted molar refractivity (Wildman–Crippen MR) is 53.6 cm³/mol. The van der Waals surface area contributed by atoms with Gasteiger partial charge < -0.3 is 14.6 Å². The Bertz CT molecular complexity index is 382. The van der Waals surface area contributed by atoms with Gasteiger partial charge in [-0.25, -0.2) is 4.79 Å². The van der Waals surface area contributed by atoms with Crippen molar-refractivity contribution in [2.75, 3.05) is 7.11 Å². The van der Waals surface area contributed by atoms with E-state index >= 15 is 0 Å². The van der Waals surface area contributed by atoms with Crippen LogP contribution in [0.4, 0.5) is 0 Å². The summed E-state index contributed by atoms with van der Waals surface area (Å²) < 4.78 is 10.5. The molecule has 4 nitrogen and oxygen atoms in total. The maximum absolute atomic E-state index is 11.0. The third kappa shape index (κ3) is 2.03. The first-order valence-corrected chi connectivity index (χ1v) is 4.79. The zero-order valence-electron chi connectivity index (χ0n) is 8.40. The van der Waals surface area contributed by atoms with Gasteiger partial charge in [-0.3, -0.25) is 0 Å². The van der Waals surface area contributed by atoms with Crippen LogP contribution < -0.4 is 9.47 Å². The Morgan fingerprint density at radius 2 is 2.07 bits per heavy atom. The van der Waals surface area contributed by atoms with Crippen molar-refractivity contribution in [1.82, 2.24) is 0 Å².